The molecule has 1 aromatic carbocycles. The summed E-state index contributed by atoms with van der Waals surface area (Å²) in [7, 11) is 1.74. The maximum absolute atomic E-state index is 5.84. The maximum Gasteiger partial charge on any atom is 0.225 e. The van der Waals surface area contributed by atoms with Crippen LogP contribution in [0.2, 0.25) is 0 Å². The molecule has 7 nitrogen and oxygen atoms in total. The van der Waals surface area contributed by atoms with E-state index >= 15 is 0 Å². The van der Waals surface area contributed by atoms with Crippen LogP contribution < -0.4 is 20.4 Å². The van der Waals surface area contributed by atoms with Gasteiger partial charge in [-0.1, -0.05) is 72.6 Å². The van der Waals surface area contributed by atoms with Crippen LogP contribution in [-0.4, -0.2) is 73.5 Å². The zero-order valence-electron chi connectivity index (χ0n) is 26.9. The number of rotatable bonds is 20. The average Bonchev–Trinajstić information content (AvgIpc) is 3.31. The molecule has 1 heterocycles. The lowest BCUT2D eigenvalue weighted by Crippen LogP contribution is -2.32. The summed E-state index contributed by atoms with van der Waals surface area (Å²) in [5.41, 5.74) is 6.67. The number of benzene rings is 1. The number of aromatic nitrogens is 2. The molecule has 1 unspecified atom stereocenters. The lowest BCUT2D eigenvalue weighted by Gasteiger charge is -2.25. The van der Waals surface area contributed by atoms with E-state index in [0.717, 1.165) is 106 Å². The van der Waals surface area contributed by atoms with E-state index in [0.29, 0.717) is 12.0 Å². The van der Waals surface area contributed by atoms with E-state index in [2.05, 4.69) is 97.7 Å². The topological polar surface area (TPSA) is 57.6 Å². The molecule has 0 aliphatic rings. The quantitative estimate of drug-likeness (QED) is 0.182. The highest BCUT2D eigenvalue weighted by atomic mass is 16.5. The lowest BCUT2D eigenvalue weighted by atomic mass is 10.0. The number of anilines is 1. The Labute approximate surface area is 245 Å². The number of imidazole rings is 1. The van der Waals surface area contributed by atoms with Crippen molar-refractivity contribution in [2.45, 2.75) is 99.5 Å². The predicted octanol–water partition coefficient (Wildman–Crippen LogP) is 6.49. The standard InChI is InChI=1S/C33H58N6O/c1-9-14-21-37(12-4)22-17-16-18-29-24-30-31(25-32(29)40-8)39(33(36-30)38(13-5)23-15-10-2)35-26-28(11-3)19-20-34-27(6)7/h24-25,27-28,34-35H,9-15,17,19-23,26H2,1-8H3. The number of hydrogen-bond acceptors (Lipinski definition) is 6. The summed E-state index contributed by atoms with van der Waals surface area (Å²) in [5, 5.41) is 3.57. The summed E-state index contributed by atoms with van der Waals surface area (Å²) in [5.74, 6) is 9.16. The van der Waals surface area contributed by atoms with E-state index in [-0.39, 0.29) is 0 Å². The first kappa shape index (κ1) is 33.8. The summed E-state index contributed by atoms with van der Waals surface area (Å²) in [6.07, 6.45) is 7.91. The van der Waals surface area contributed by atoms with E-state index in [1.54, 1.807) is 7.11 Å². The fraction of sp³-hybridized carbons (Fsp3) is 0.727. The van der Waals surface area contributed by atoms with Crippen LogP contribution >= 0.6 is 0 Å². The van der Waals surface area contributed by atoms with E-state index in [1.165, 1.54) is 12.8 Å². The van der Waals surface area contributed by atoms with Gasteiger partial charge in [-0.3, -0.25) is 0 Å². The van der Waals surface area contributed by atoms with E-state index in [1.807, 2.05) is 0 Å². The third-order valence-electron chi connectivity index (χ3n) is 7.68. The van der Waals surface area contributed by atoms with Gasteiger partial charge in [0.25, 0.3) is 0 Å². The molecule has 0 amide bonds. The van der Waals surface area contributed by atoms with Crippen molar-refractivity contribution in [2.24, 2.45) is 5.92 Å². The van der Waals surface area contributed by atoms with Gasteiger partial charge in [0, 0.05) is 44.7 Å². The molecule has 226 valence electrons. The Bertz CT molecular complexity index is 1040. The van der Waals surface area contributed by atoms with Gasteiger partial charge in [-0.25, -0.2) is 9.66 Å². The molecule has 2 rings (SSSR count). The summed E-state index contributed by atoms with van der Waals surface area (Å²) >= 11 is 0. The molecule has 0 aliphatic heterocycles. The van der Waals surface area contributed by atoms with Crippen LogP contribution in [0.1, 0.15) is 99.0 Å². The van der Waals surface area contributed by atoms with Crippen LogP contribution in [0.3, 0.4) is 0 Å². The maximum atomic E-state index is 5.84. The van der Waals surface area contributed by atoms with Crippen molar-refractivity contribution in [2.75, 3.05) is 63.2 Å². The molecular weight excluding hydrogens is 496 g/mol. The molecule has 0 bridgehead atoms. The second-order valence-electron chi connectivity index (χ2n) is 11.1. The fourth-order valence-electron chi connectivity index (χ4n) is 4.90. The minimum absolute atomic E-state index is 0.516. The average molecular weight is 555 g/mol. The van der Waals surface area contributed by atoms with Gasteiger partial charge in [0.2, 0.25) is 5.95 Å². The first-order chi connectivity index (χ1) is 19.4. The zero-order chi connectivity index (χ0) is 29.3. The van der Waals surface area contributed by atoms with Gasteiger partial charge in [0.15, 0.2) is 0 Å². The van der Waals surface area contributed by atoms with Crippen molar-refractivity contribution >= 4 is 17.0 Å². The van der Waals surface area contributed by atoms with Crippen LogP contribution in [0, 0.1) is 17.8 Å². The van der Waals surface area contributed by atoms with Crippen molar-refractivity contribution in [3.05, 3.63) is 17.7 Å². The molecule has 0 spiro atoms. The number of fused-ring (bicyclic) bond motifs is 1. The van der Waals surface area contributed by atoms with Crippen molar-refractivity contribution < 1.29 is 4.74 Å². The Morgan fingerprint density at radius 1 is 1.00 bits per heavy atom. The smallest absolute Gasteiger partial charge is 0.225 e. The second-order valence-corrected chi connectivity index (χ2v) is 11.1. The summed E-state index contributed by atoms with van der Waals surface area (Å²) in [6, 6.07) is 4.73. The predicted molar refractivity (Wildman–Crippen MR) is 173 cm³/mol. The number of ether oxygens (including phenoxy) is 1. The summed E-state index contributed by atoms with van der Waals surface area (Å²) < 4.78 is 8.03. The Kier molecular flexibility index (Phi) is 15.9. The molecule has 0 aliphatic carbocycles. The molecule has 2 aromatic rings. The minimum atomic E-state index is 0.516. The zero-order valence-corrected chi connectivity index (χ0v) is 26.9. The molecule has 2 N–H and O–H groups in total. The second kappa shape index (κ2) is 18.8. The molecule has 7 heteroatoms. The van der Waals surface area contributed by atoms with Gasteiger partial charge in [-0.2, -0.15) is 0 Å². The number of nitrogens with one attached hydrogen (secondary N) is 2. The molecule has 1 aromatic heterocycles. The molecule has 1 atom stereocenters. The highest BCUT2D eigenvalue weighted by molar-refractivity contribution is 5.83. The van der Waals surface area contributed by atoms with Crippen LogP contribution in [0.4, 0.5) is 5.95 Å². The highest BCUT2D eigenvalue weighted by Crippen LogP contribution is 2.29. The molecule has 0 radical (unpaired) electrons. The Morgan fingerprint density at radius 3 is 2.38 bits per heavy atom. The van der Waals surface area contributed by atoms with Gasteiger partial charge in [0.05, 0.1) is 23.7 Å². The summed E-state index contributed by atoms with van der Waals surface area (Å²) in [4.78, 5) is 10.0. The van der Waals surface area contributed by atoms with Gasteiger partial charge >= 0.3 is 0 Å². The van der Waals surface area contributed by atoms with Gasteiger partial charge in [-0.15, -0.1) is 0 Å². The molecular formula is C33H58N6O. The third kappa shape index (κ3) is 10.5. The number of methoxy groups -OCH3 is 1. The van der Waals surface area contributed by atoms with E-state index in [9.17, 15) is 0 Å². The van der Waals surface area contributed by atoms with Crippen molar-refractivity contribution in [1.29, 1.82) is 0 Å². The first-order valence-electron chi connectivity index (χ1n) is 16.0. The van der Waals surface area contributed by atoms with Crippen LogP contribution in [0.5, 0.6) is 5.75 Å². The number of nitrogens with zero attached hydrogens (tertiary/aromatic N) is 4. The Hall–Kier alpha value is -2.43. The number of hydrogen-bond donors (Lipinski definition) is 2. The van der Waals surface area contributed by atoms with Gasteiger partial charge < -0.3 is 25.3 Å². The Balaban J connectivity index is 2.36. The van der Waals surface area contributed by atoms with Crippen molar-refractivity contribution in [3.8, 4) is 17.6 Å². The summed E-state index contributed by atoms with van der Waals surface area (Å²) in [6.45, 7) is 22.7. The van der Waals surface area contributed by atoms with Crippen molar-refractivity contribution in [3.63, 3.8) is 0 Å². The molecule has 0 fully saturated rings. The first-order valence-corrected chi connectivity index (χ1v) is 16.0. The monoisotopic (exact) mass is 554 g/mol. The van der Waals surface area contributed by atoms with E-state index in [4.69, 9.17) is 9.72 Å². The molecule has 0 saturated heterocycles. The SMILES string of the molecule is CCCCN(CC)CCC#Cc1cc2nc(N(CC)CCCC)n(NCC(CC)CCNC(C)C)c2cc1OC. The fourth-order valence-corrected chi connectivity index (χ4v) is 4.90. The minimum Gasteiger partial charge on any atom is -0.495 e. The van der Waals surface area contributed by atoms with E-state index < -0.39 is 0 Å². The van der Waals surface area contributed by atoms with Gasteiger partial charge in [-0.05, 0) is 57.8 Å². The van der Waals surface area contributed by atoms with Crippen LogP contribution in [0.15, 0.2) is 12.1 Å². The van der Waals surface area contributed by atoms with Crippen LogP contribution in [-0.2, 0) is 0 Å². The molecule has 40 heavy (non-hydrogen) atoms. The van der Waals surface area contributed by atoms with Gasteiger partial charge in [0.1, 0.15) is 5.75 Å². The molecule has 0 saturated carbocycles. The Morgan fingerprint density at radius 2 is 1.75 bits per heavy atom. The number of unbranched alkanes of at least 4 members (excludes halogenated alkanes) is 2. The highest BCUT2D eigenvalue weighted by Gasteiger charge is 2.19. The normalized spacial score (nSPS) is 12.2. The van der Waals surface area contributed by atoms with Crippen LogP contribution in [0.25, 0.3) is 11.0 Å². The van der Waals surface area contributed by atoms with Crippen molar-refractivity contribution in [1.82, 2.24) is 19.9 Å². The third-order valence-corrected chi connectivity index (χ3v) is 7.68. The largest absolute Gasteiger partial charge is 0.495 e. The lowest BCUT2D eigenvalue weighted by molar-refractivity contribution is 0.290.